The Morgan fingerprint density at radius 3 is 2.40 bits per heavy atom. The van der Waals surface area contributed by atoms with Crippen molar-refractivity contribution in [1.82, 2.24) is 0 Å². The van der Waals surface area contributed by atoms with Crippen molar-refractivity contribution in [3.8, 4) is 0 Å². The van der Waals surface area contributed by atoms with Crippen molar-refractivity contribution >= 4 is 15.5 Å². The number of hydrogen-bond acceptors (Lipinski definition) is 3. The lowest BCUT2D eigenvalue weighted by Crippen LogP contribution is -2.19. The van der Waals surface area contributed by atoms with Gasteiger partial charge >= 0.3 is 6.18 Å². The quantitative estimate of drug-likeness (QED) is 0.821. The molecule has 0 aliphatic carbocycles. The fourth-order valence-electron chi connectivity index (χ4n) is 1.59. The zero-order valence-electron chi connectivity index (χ0n) is 10.8. The van der Waals surface area contributed by atoms with E-state index >= 15 is 0 Å². The molecule has 0 saturated carbocycles. The highest BCUT2D eigenvalue weighted by Gasteiger charge is 2.31. The van der Waals surface area contributed by atoms with Crippen molar-refractivity contribution in [2.24, 2.45) is 0 Å². The van der Waals surface area contributed by atoms with Crippen molar-refractivity contribution in [2.75, 3.05) is 23.4 Å². The van der Waals surface area contributed by atoms with Crippen LogP contribution in [0.4, 0.5) is 23.2 Å². The number of nitrogens with one attached hydrogen (secondary N) is 1. The number of alkyl halides is 3. The molecule has 0 bridgehead atoms. The van der Waals surface area contributed by atoms with Gasteiger partial charge in [0.2, 0.25) is 0 Å². The lowest BCUT2D eigenvalue weighted by molar-refractivity contribution is -0.137. The van der Waals surface area contributed by atoms with Crippen LogP contribution in [0.2, 0.25) is 0 Å². The van der Waals surface area contributed by atoms with E-state index in [-0.39, 0.29) is 23.7 Å². The summed E-state index contributed by atoms with van der Waals surface area (Å²) in [6.45, 7) is 1.57. The average molecular weight is 313 g/mol. The Labute approximate surface area is 114 Å². The first-order valence-corrected chi connectivity index (χ1v) is 7.79. The summed E-state index contributed by atoms with van der Waals surface area (Å²) in [7, 11) is -3.26. The molecule has 0 radical (unpaired) electrons. The Morgan fingerprint density at radius 2 is 1.85 bits per heavy atom. The van der Waals surface area contributed by atoms with Crippen LogP contribution in [-0.4, -0.2) is 26.5 Å². The summed E-state index contributed by atoms with van der Waals surface area (Å²) in [6.07, 6.45) is -4.11. The third-order valence-corrected chi connectivity index (χ3v) is 4.39. The lowest BCUT2D eigenvalue weighted by atomic mass is 10.2. The van der Waals surface area contributed by atoms with Crippen LogP contribution in [0.25, 0.3) is 0 Å². The Hall–Kier alpha value is -1.31. The van der Waals surface area contributed by atoms with E-state index in [4.69, 9.17) is 0 Å². The number of rotatable bonds is 6. The van der Waals surface area contributed by atoms with Gasteiger partial charge in [-0.25, -0.2) is 12.8 Å². The molecule has 0 fully saturated rings. The van der Waals surface area contributed by atoms with Gasteiger partial charge < -0.3 is 5.32 Å². The average Bonchev–Trinajstić information content (AvgIpc) is 2.29. The maximum Gasteiger partial charge on any atom is 0.416 e. The van der Waals surface area contributed by atoms with Gasteiger partial charge in [-0.2, -0.15) is 13.2 Å². The first kappa shape index (κ1) is 16.7. The predicted octanol–water partition coefficient (Wildman–Crippen LogP) is 3.08. The summed E-state index contributed by atoms with van der Waals surface area (Å²) in [5.41, 5.74) is -1.34. The monoisotopic (exact) mass is 313 g/mol. The van der Waals surface area contributed by atoms with Crippen LogP contribution in [0.15, 0.2) is 18.2 Å². The van der Waals surface area contributed by atoms with Crippen LogP contribution in [0.1, 0.15) is 18.9 Å². The largest absolute Gasteiger partial charge is 0.416 e. The summed E-state index contributed by atoms with van der Waals surface area (Å²) in [4.78, 5) is 0. The van der Waals surface area contributed by atoms with E-state index in [1.54, 1.807) is 6.92 Å². The molecule has 0 aliphatic rings. The van der Waals surface area contributed by atoms with E-state index in [1.165, 1.54) is 0 Å². The fraction of sp³-hybridized carbons (Fsp3) is 0.500. The number of halogens is 4. The lowest BCUT2D eigenvalue weighted by Gasteiger charge is -2.11. The molecule has 1 aromatic carbocycles. The van der Waals surface area contributed by atoms with Gasteiger partial charge in [-0.15, -0.1) is 0 Å². The minimum atomic E-state index is -4.57. The van der Waals surface area contributed by atoms with Gasteiger partial charge in [0.1, 0.15) is 5.82 Å². The number of benzene rings is 1. The van der Waals surface area contributed by atoms with Gasteiger partial charge in [0.25, 0.3) is 0 Å². The van der Waals surface area contributed by atoms with Gasteiger partial charge in [-0.3, -0.25) is 0 Å². The molecular formula is C12H15F4NO2S. The van der Waals surface area contributed by atoms with E-state index < -0.39 is 27.4 Å². The van der Waals surface area contributed by atoms with Crippen LogP contribution in [0, 0.1) is 5.82 Å². The highest BCUT2D eigenvalue weighted by atomic mass is 32.2. The van der Waals surface area contributed by atoms with Crippen LogP contribution in [0.3, 0.4) is 0 Å². The smallest absolute Gasteiger partial charge is 0.382 e. The predicted molar refractivity (Wildman–Crippen MR) is 68.8 cm³/mol. The normalized spacial score (nSPS) is 12.4. The van der Waals surface area contributed by atoms with Crippen LogP contribution < -0.4 is 5.32 Å². The molecule has 0 atom stereocenters. The van der Waals surface area contributed by atoms with E-state index in [9.17, 15) is 26.0 Å². The van der Waals surface area contributed by atoms with E-state index in [0.717, 1.165) is 0 Å². The fourth-order valence-corrected chi connectivity index (χ4v) is 2.83. The molecule has 0 amide bonds. The van der Waals surface area contributed by atoms with E-state index in [2.05, 4.69) is 5.32 Å². The van der Waals surface area contributed by atoms with Gasteiger partial charge in [0.15, 0.2) is 9.84 Å². The minimum Gasteiger partial charge on any atom is -0.382 e. The third kappa shape index (κ3) is 4.99. The molecule has 3 nitrogen and oxygen atoms in total. The van der Waals surface area contributed by atoms with Crippen LogP contribution >= 0.6 is 0 Å². The zero-order valence-corrected chi connectivity index (χ0v) is 11.6. The zero-order chi connectivity index (χ0) is 15.4. The number of sulfone groups is 1. The number of hydrogen-bond donors (Lipinski definition) is 1. The van der Waals surface area contributed by atoms with Gasteiger partial charge in [0, 0.05) is 12.3 Å². The molecule has 0 aromatic heterocycles. The molecule has 0 saturated heterocycles. The van der Waals surface area contributed by atoms with Crippen molar-refractivity contribution in [3.63, 3.8) is 0 Å². The van der Waals surface area contributed by atoms with Gasteiger partial charge in [0.05, 0.1) is 17.0 Å². The molecular weight excluding hydrogens is 298 g/mol. The summed E-state index contributed by atoms with van der Waals surface area (Å²) < 4.78 is 73.6. The Bertz CT molecular complexity index is 555. The number of anilines is 1. The summed E-state index contributed by atoms with van der Waals surface area (Å²) >= 11 is 0. The molecule has 0 heterocycles. The van der Waals surface area contributed by atoms with Crippen molar-refractivity contribution in [1.29, 1.82) is 0 Å². The Kier molecular flexibility index (Phi) is 5.38. The van der Waals surface area contributed by atoms with Gasteiger partial charge in [-0.05, 0) is 24.6 Å². The maximum absolute atomic E-state index is 13.3. The van der Waals surface area contributed by atoms with Crippen LogP contribution in [0.5, 0.6) is 0 Å². The minimum absolute atomic E-state index is 0.000245. The maximum atomic E-state index is 13.3. The molecule has 1 rings (SSSR count). The highest BCUT2D eigenvalue weighted by Crippen LogP contribution is 2.31. The van der Waals surface area contributed by atoms with Gasteiger partial charge in [-0.1, -0.05) is 6.92 Å². The molecule has 0 aliphatic heterocycles. The van der Waals surface area contributed by atoms with Crippen molar-refractivity contribution < 1.29 is 26.0 Å². The highest BCUT2D eigenvalue weighted by molar-refractivity contribution is 7.91. The standard InChI is InChI=1S/C12H15F4NO2S/c1-2-6-20(18,19)7-5-17-11-8-9(12(14,15)16)3-4-10(11)13/h3-4,8,17H,2,5-7H2,1H3. The summed E-state index contributed by atoms with van der Waals surface area (Å²) in [5, 5.41) is 2.39. The second-order valence-electron chi connectivity index (χ2n) is 4.27. The first-order chi connectivity index (χ1) is 9.15. The van der Waals surface area contributed by atoms with Crippen molar-refractivity contribution in [3.05, 3.63) is 29.6 Å². The summed E-state index contributed by atoms with van der Waals surface area (Å²) in [6, 6.07) is 1.96. The molecule has 1 aromatic rings. The summed E-state index contributed by atoms with van der Waals surface area (Å²) in [5.74, 6) is -1.11. The van der Waals surface area contributed by atoms with Crippen molar-refractivity contribution in [2.45, 2.75) is 19.5 Å². The Balaban J connectivity index is 2.73. The molecule has 0 unspecified atom stereocenters. The van der Waals surface area contributed by atoms with E-state index in [0.29, 0.717) is 24.6 Å². The first-order valence-electron chi connectivity index (χ1n) is 5.97. The molecule has 1 N–H and O–H groups in total. The topological polar surface area (TPSA) is 46.2 Å². The van der Waals surface area contributed by atoms with E-state index in [1.807, 2.05) is 0 Å². The second kappa shape index (κ2) is 6.43. The van der Waals surface area contributed by atoms with Crippen LogP contribution in [-0.2, 0) is 16.0 Å². The molecule has 0 spiro atoms. The molecule has 114 valence electrons. The SMILES string of the molecule is CCCS(=O)(=O)CCNc1cc(C(F)(F)F)ccc1F. The second-order valence-corrected chi connectivity index (χ2v) is 6.57. The molecule has 20 heavy (non-hydrogen) atoms. The Morgan fingerprint density at radius 1 is 1.20 bits per heavy atom. The third-order valence-electron chi connectivity index (χ3n) is 2.54. The molecule has 8 heteroatoms.